The molecule has 0 fully saturated rings. The molecule has 130 valence electrons. The molecule has 7 nitrogen and oxygen atoms in total. The van der Waals surface area contributed by atoms with Crippen molar-refractivity contribution in [2.24, 2.45) is 0 Å². The number of aromatic nitrogens is 1. The van der Waals surface area contributed by atoms with Crippen LogP contribution in [-0.2, 0) is 16.1 Å². The predicted molar refractivity (Wildman–Crippen MR) is 91.6 cm³/mol. The number of H-pyrrole nitrogens is 1. The summed E-state index contributed by atoms with van der Waals surface area (Å²) >= 11 is 0. The summed E-state index contributed by atoms with van der Waals surface area (Å²) in [6, 6.07) is 11.8. The molecule has 1 N–H and O–H groups in total. The van der Waals surface area contributed by atoms with Crippen LogP contribution >= 0.6 is 0 Å². The third kappa shape index (κ3) is 2.41. The van der Waals surface area contributed by atoms with Crippen molar-refractivity contribution in [3.8, 4) is 5.75 Å². The van der Waals surface area contributed by atoms with Crippen molar-refractivity contribution in [1.82, 2.24) is 10.0 Å². The van der Waals surface area contributed by atoms with Gasteiger partial charge in [-0.05, 0) is 29.8 Å². The molecule has 1 aliphatic rings. The number of ether oxygens (including phenoxy) is 1. The number of fused-ring (bicyclic) bond motifs is 2. The highest BCUT2D eigenvalue weighted by Crippen LogP contribution is 2.29. The maximum Gasteiger partial charge on any atom is 0.337 e. The molecule has 0 saturated heterocycles. The molecule has 1 aliphatic heterocycles. The van der Waals surface area contributed by atoms with Crippen LogP contribution in [0.3, 0.4) is 0 Å². The lowest BCUT2D eigenvalue weighted by Crippen LogP contribution is -2.33. The SMILES string of the molecule is COc1cccc2[nH]cc(CC(=O)ON3C(=O)c4ccccc4C3=O)c12. The Labute approximate surface area is 148 Å². The van der Waals surface area contributed by atoms with Gasteiger partial charge in [0.15, 0.2) is 0 Å². The van der Waals surface area contributed by atoms with Crippen LogP contribution in [0.25, 0.3) is 10.9 Å². The van der Waals surface area contributed by atoms with Crippen LogP contribution in [-0.4, -0.2) is 34.9 Å². The molecule has 0 atom stereocenters. The van der Waals surface area contributed by atoms with E-state index in [2.05, 4.69) is 4.98 Å². The predicted octanol–water partition coefficient (Wildman–Crippen LogP) is 2.47. The maximum atomic E-state index is 12.3. The van der Waals surface area contributed by atoms with Crippen molar-refractivity contribution in [3.05, 3.63) is 65.4 Å². The number of aromatic amines is 1. The summed E-state index contributed by atoms with van der Waals surface area (Å²) in [5.74, 6) is -1.38. The summed E-state index contributed by atoms with van der Waals surface area (Å²) in [7, 11) is 1.54. The molecule has 2 aromatic carbocycles. The third-order valence-corrected chi connectivity index (χ3v) is 4.25. The van der Waals surface area contributed by atoms with Crippen molar-refractivity contribution in [3.63, 3.8) is 0 Å². The van der Waals surface area contributed by atoms with Gasteiger partial charge >= 0.3 is 5.97 Å². The second kappa shape index (κ2) is 6.03. The van der Waals surface area contributed by atoms with Gasteiger partial charge in [-0.25, -0.2) is 4.79 Å². The van der Waals surface area contributed by atoms with Crippen LogP contribution < -0.4 is 4.74 Å². The van der Waals surface area contributed by atoms with Gasteiger partial charge in [-0.1, -0.05) is 23.3 Å². The molecule has 0 spiro atoms. The highest BCUT2D eigenvalue weighted by atomic mass is 16.7. The average molecular weight is 350 g/mol. The highest BCUT2D eigenvalue weighted by molar-refractivity contribution is 6.20. The molecular formula is C19H14N2O5. The van der Waals surface area contributed by atoms with E-state index in [4.69, 9.17) is 9.57 Å². The number of hydrogen-bond acceptors (Lipinski definition) is 5. The number of amides is 2. The molecule has 26 heavy (non-hydrogen) atoms. The van der Waals surface area contributed by atoms with Crippen LogP contribution in [0.2, 0.25) is 0 Å². The van der Waals surface area contributed by atoms with Gasteiger partial charge in [0.2, 0.25) is 0 Å². The van der Waals surface area contributed by atoms with E-state index >= 15 is 0 Å². The Morgan fingerprint density at radius 2 is 1.73 bits per heavy atom. The zero-order chi connectivity index (χ0) is 18.3. The molecule has 0 aliphatic carbocycles. The summed E-state index contributed by atoms with van der Waals surface area (Å²) in [5.41, 5.74) is 1.91. The largest absolute Gasteiger partial charge is 0.496 e. The summed E-state index contributed by atoms with van der Waals surface area (Å²) in [6.45, 7) is 0. The molecule has 3 aromatic rings. The Morgan fingerprint density at radius 3 is 2.38 bits per heavy atom. The monoisotopic (exact) mass is 350 g/mol. The quantitative estimate of drug-likeness (QED) is 0.730. The van der Waals surface area contributed by atoms with Crippen molar-refractivity contribution in [1.29, 1.82) is 0 Å². The minimum absolute atomic E-state index is 0.117. The van der Waals surface area contributed by atoms with Gasteiger partial charge in [0.1, 0.15) is 5.75 Å². The summed E-state index contributed by atoms with van der Waals surface area (Å²) in [6.07, 6.45) is 1.56. The lowest BCUT2D eigenvalue weighted by atomic mass is 10.1. The Morgan fingerprint density at radius 1 is 1.04 bits per heavy atom. The van der Waals surface area contributed by atoms with Gasteiger partial charge in [-0.3, -0.25) is 9.59 Å². The number of hydrogen-bond donors (Lipinski definition) is 1. The normalized spacial score (nSPS) is 13.2. The van der Waals surface area contributed by atoms with Gasteiger partial charge in [0, 0.05) is 17.1 Å². The lowest BCUT2D eigenvalue weighted by Gasteiger charge is -2.12. The van der Waals surface area contributed by atoms with Crippen LogP contribution in [0.1, 0.15) is 26.3 Å². The Hall–Kier alpha value is -3.61. The van der Waals surface area contributed by atoms with Crippen molar-refractivity contribution >= 4 is 28.7 Å². The number of benzene rings is 2. The number of nitrogens with one attached hydrogen (secondary N) is 1. The standard InChI is InChI=1S/C19H14N2O5/c1-25-15-8-4-7-14-17(15)11(10-20-14)9-16(22)26-21-18(23)12-5-2-3-6-13(12)19(21)24/h2-8,10,20H,9H2,1H3. The number of rotatable bonds is 4. The molecule has 2 amide bonds. The Bertz CT molecular complexity index is 1020. The topological polar surface area (TPSA) is 88.7 Å². The van der Waals surface area contributed by atoms with Gasteiger partial charge in [-0.2, -0.15) is 0 Å². The van der Waals surface area contributed by atoms with E-state index in [9.17, 15) is 14.4 Å². The molecule has 0 unspecified atom stereocenters. The second-order valence-corrected chi connectivity index (χ2v) is 5.79. The minimum Gasteiger partial charge on any atom is -0.496 e. The Balaban J connectivity index is 1.56. The van der Waals surface area contributed by atoms with E-state index in [0.717, 1.165) is 10.9 Å². The molecule has 0 saturated carbocycles. The number of carbonyl (C=O) groups excluding carboxylic acids is 3. The number of methoxy groups -OCH3 is 1. The molecule has 0 bridgehead atoms. The van der Waals surface area contributed by atoms with Gasteiger partial charge in [-0.15, -0.1) is 0 Å². The second-order valence-electron chi connectivity index (χ2n) is 5.79. The smallest absolute Gasteiger partial charge is 0.337 e. The number of carbonyl (C=O) groups is 3. The molecule has 4 rings (SSSR count). The number of hydroxylamine groups is 2. The summed E-state index contributed by atoms with van der Waals surface area (Å²) in [5, 5.41) is 1.27. The third-order valence-electron chi connectivity index (χ3n) is 4.25. The Kier molecular flexibility index (Phi) is 3.69. The minimum atomic E-state index is -0.716. The number of nitrogens with zero attached hydrogens (tertiary/aromatic N) is 1. The lowest BCUT2D eigenvalue weighted by molar-refractivity contribution is -0.167. The summed E-state index contributed by atoms with van der Waals surface area (Å²) < 4.78 is 5.33. The zero-order valence-corrected chi connectivity index (χ0v) is 13.8. The first-order chi connectivity index (χ1) is 12.6. The molecule has 0 radical (unpaired) electrons. The fourth-order valence-electron chi connectivity index (χ4n) is 3.07. The van der Waals surface area contributed by atoms with E-state index in [1.165, 1.54) is 12.1 Å². The molecule has 1 aromatic heterocycles. The zero-order valence-electron chi connectivity index (χ0n) is 13.8. The van der Waals surface area contributed by atoms with E-state index in [0.29, 0.717) is 16.4 Å². The summed E-state index contributed by atoms with van der Waals surface area (Å²) in [4.78, 5) is 45.0. The van der Waals surface area contributed by atoms with Crippen LogP contribution in [0.5, 0.6) is 5.75 Å². The first-order valence-electron chi connectivity index (χ1n) is 7.91. The first kappa shape index (κ1) is 15.9. The van der Waals surface area contributed by atoms with Crippen molar-refractivity contribution in [2.45, 2.75) is 6.42 Å². The fraction of sp³-hybridized carbons (Fsp3) is 0.105. The van der Waals surface area contributed by atoms with Crippen molar-refractivity contribution in [2.75, 3.05) is 7.11 Å². The van der Waals surface area contributed by atoms with Gasteiger partial charge in [0.05, 0.1) is 24.7 Å². The van der Waals surface area contributed by atoms with E-state index in [1.807, 2.05) is 12.1 Å². The van der Waals surface area contributed by atoms with Crippen LogP contribution in [0, 0.1) is 0 Å². The van der Waals surface area contributed by atoms with Crippen LogP contribution in [0.15, 0.2) is 48.7 Å². The fourth-order valence-corrected chi connectivity index (χ4v) is 3.07. The first-order valence-corrected chi connectivity index (χ1v) is 7.91. The average Bonchev–Trinajstić information content (AvgIpc) is 3.17. The molecular weight excluding hydrogens is 336 g/mol. The van der Waals surface area contributed by atoms with Gasteiger partial charge in [0.25, 0.3) is 11.8 Å². The maximum absolute atomic E-state index is 12.3. The molecule has 7 heteroatoms. The van der Waals surface area contributed by atoms with E-state index in [-0.39, 0.29) is 17.5 Å². The van der Waals surface area contributed by atoms with E-state index < -0.39 is 17.8 Å². The highest BCUT2D eigenvalue weighted by Gasteiger charge is 2.38. The van der Waals surface area contributed by atoms with E-state index in [1.54, 1.807) is 31.5 Å². The van der Waals surface area contributed by atoms with Gasteiger partial charge < -0.3 is 14.6 Å². The van der Waals surface area contributed by atoms with Crippen molar-refractivity contribution < 1.29 is 24.0 Å². The number of imide groups is 1. The molecule has 2 heterocycles. The van der Waals surface area contributed by atoms with Crippen LogP contribution in [0.4, 0.5) is 0 Å².